The summed E-state index contributed by atoms with van der Waals surface area (Å²) in [5, 5.41) is 0.312. The van der Waals surface area contributed by atoms with Crippen LogP contribution in [-0.4, -0.2) is 47.9 Å². The van der Waals surface area contributed by atoms with Crippen LogP contribution in [0.4, 0.5) is 0 Å². The Balaban J connectivity index is 1.75. The van der Waals surface area contributed by atoms with Crippen molar-refractivity contribution in [2.24, 2.45) is 5.73 Å². The fraction of sp³-hybridized carbons (Fsp3) is 0.167. The summed E-state index contributed by atoms with van der Waals surface area (Å²) in [7, 11) is -6.54. The van der Waals surface area contributed by atoms with Crippen molar-refractivity contribution in [3.8, 4) is 5.75 Å². The number of amides is 1. The lowest BCUT2D eigenvalue weighted by atomic mass is 10.2. The maximum absolute atomic E-state index is 12.9. The van der Waals surface area contributed by atoms with Gasteiger partial charge in [0, 0.05) is 27.6 Å². The number of nitrogens with one attached hydrogen (secondary N) is 3. The zero-order chi connectivity index (χ0) is 22.8. The third kappa shape index (κ3) is 5.17. The SMILES string of the molecule is COc1ccc(S(=O)(=O)NCCNS(=O)(=O)c2c(C(N)=O)[nH]c3ccc(I)cc23)cc1. The fourth-order valence-corrected chi connectivity index (χ4v) is 5.79. The van der Waals surface area contributed by atoms with Crippen molar-refractivity contribution in [1.29, 1.82) is 0 Å². The summed E-state index contributed by atoms with van der Waals surface area (Å²) in [6.45, 7) is -0.452. The molecule has 0 fully saturated rings. The van der Waals surface area contributed by atoms with Crippen molar-refractivity contribution in [2.45, 2.75) is 9.79 Å². The molecule has 1 amide bonds. The number of halogens is 1. The van der Waals surface area contributed by atoms with Gasteiger partial charge in [-0.15, -0.1) is 0 Å². The second kappa shape index (κ2) is 9.12. The molecular formula is C18H19IN4O6S2. The van der Waals surface area contributed by atoms with Crippen molar-refractivity contribution in [3.63, 3.8) is 0 Å². The smallest absolute Gasteiger partial charge is 0.266 e. The van der Waals surface area contributed by atoms with E-state index < -0.39 is 26.0 Å². The Labute approximate surface area is 192 Å². The molecule has 5 N–H and O–H groups in total. The summed E-state index contributed by atoms with van der Waals surface area (Å²) < 4.78 is 60.8. The van der Waals surface area contributed by atoms with Gasteiger partial charge in [-0.25, -0.2) is 26.3 Å². The predicted molar refractivity (Wildman–Crippen MR) is 123 cm³/mol. The molecule has 3 rings (SSSR count). The number of methoxy groups -OCH3 is 1. The molecule has 0 radical (unpaired) electrons. The van der Waals surface area contributed by atoms with Gasteiger partial charge in [-0.2, -0.15) is 0 Å². The number of hydrogen-bond donors (Lipinski definition) is 4. The molecule has 166 valence electrons. The minimum Gasteiger partial charge on any atom is -0.497 e. The van der Waals surface area contributed by atoms with E-state index in [1.165, 1.54) is 31.4 Å². The maximum Gasteiger partial charge on any atom is 0.266 e. The number of benzene rings is 2. The summed E-state index contributed by atoms with van der Waals surface area (Å²) in [4.78, 5) is 14.2. The number of H-pyrrole nitrogens is 1. The molecule has 0 saturated heterocycles. The lowest BCUT2D eigenvalue weighted by Crippen LogP contribution is -2.35. The highest BCUT2D eigenvalue weighted by Gasteiger charge is 2.27. The van der Waals surface area contributed by atoms with Gasteiger partial charge in [-0.05, 0) is 65.1 Å². The highest BCUT2D eigenvalue weighted by Crippen LogP contribution is 2.28. The molecular weight excluding hydrogens is 559 g/mol. The van der Waals surface area contributed by atoms with Gasteiger partial charge < -0.3 is 15.5 Å². The van der Waals surface area contributed by atoms with Gasteiger partial charge in [-0.3, -0.25) is 4.79 Å². The van der Waals surface area contributed by atoms with Crippen molar-refractivity contribution >= 4 is 59.4 Å². The van der Waals surface area contributed by atoms with Crippen molar-refractivity contribution in [1.82, 2.24) is 14.4 Å². The highest BCUT2D eigenvalue weighted by atomic mass is 127. The van der Waals surface area contributed by atoms with Crippen LogP contribution >= 0.6 is 22.6 Å². The Morgan fingerprint density at radius 1 is 1.03 bits per heavy atom. The van der Waals surface area contributed by atoms with E-state index in [1.807, 2.05) is 22.6 Å². The molecule has 0 atom stereocenters. The maximum atomic E-state index is 12.9. The van der Waals surface area contributed by atoms with Gasteiger partial charge in [0.05, 0.1) is 12.0 Å². The van der Waals surface area contributed by atoms with Gasteiger partial charge in [0.1, 0.15) is 16.3 Å². The van der Waals surface area contributed by atoms with E-state index in [-0.39, 0.29) is 28.6 Å². The number of carbonyl (C=O) groups excluding carboxylic acids is 1. The molecule has 0 aliphatic rings. The number of fused-ring (bicyclic) bond motifs is 1. The lowest BCUT2D eigenvalue weighted by Gasteiger charge is -2.10. The third-order valence-corrected chi connectivity index (χ3v) is 8.00. The largest absolute Gasteiger partial charge is 0.497 e. The molecule has 1 aromatic heterocycles. The molecule has 13 heteroatoms. The minimum atomic E-state index is -4.16. The van der Waals surface area contributed by atoms with Gasteiger partial charge in [-0.1, -0.05) is 0 Å². The molecule has 3 aromatic rings. The summed E-state index contributed by atoms with van der Waals surface area (Å²) in [5.74, 6) is -0.419. The quantitative estimate of drug-likeness (QED) is 0.220. The van der Waals surface area contributed by atoms with Crippen molar-refractivity contribution in [3.05, 3.63) is 51.7 Å². The van der Waals surface area contributed by atoms with E-state index in [9.17, 15) is 21.6 Å². The number of aromatic amines is 1. The van der Waals surface area contributed by atoms with Crippen LogP contribution in [0.1, 0.15) is 10.5 Å². The van der Waals surface area contributed by atoms with E-state index in [1.54, 1.807) is 18.2 Å². The van der Waals surface area contributed by atoms with Crippen LogP contribution in [0.2, 0.25) is 0 Å². The Bertz CT molecular complexity index is 1340. The summed E-state index contributed by atoms with van der Waals surface area (Å²) in [5.41, 5.74) is 5.54. The molecule has 0 saturated carbocycles. The van der Waals surface area contributed by atoms with Crippen LogP contribution in [0.5, 0.6) is 5.75 Å². The van der Waals surface area contributed by atoms with E-state index in [2.05, 4.69) is 14.4 Å². The van der Waals surface area contributed by atoms with Crippen LogP contribution in [-0.2, 0) is 20.0 Å². The van der Waals surface area contributed by atoms with Crippen molar-refractivity contribution in [2.75, 3.05) is 20.2 Å². The normalized spacial score (nSPS) is 12.2. The standard InChI is InChI=1S/C18H19IN4O6S2/c1-29-12-3-5-13(6-4-12)30(25,26)21-8-9-22-31(27,28)17-14-10-11(19)2-7-15(14)23-16(17)18(20)24/h2-7,10,21-23H,8-9H2,1H3,(H2,20,24). The number of primary amides is 1. The predicted octanol–water partition coefficient (Wildman–Crippen LogP) is 1.14. The van der Waals surface area contributed by atoms with E-state index in [4.69, 9.17) is 10.5 Å². The van der Waals surface area contributed by atoms with Crippen molar-refractivity contribution < 1.29 is 26.4 Å². The van der Waals surface area contributed by atoms with Gasteiger partial charge >= 0.3 is 0 Å². The number of aromatic nitrogens is 1. The molecule has 0 bridgehead atoms. The first kappa shape index (κ1) is 23.5. The van der Waals surface area contributed by atoms with Crippen LogP contribution < -0.4 is 19.9 Å². The molecule has 2 aromatic carbocycles. The number of rotatable bonds is 9. The summed E-state index contributed by atoms with van der Waals surface area (Å²) in [6, 6.07) is 10.8. The third-order valence-electron chi connectivity index (χ3n) is 4.31. The average Bonchev–Trinajstić information content (AvgIpc) is 3.11. The molecule has 0 aliphatic heterocycles. The van der Waals surface area contributed by atoms with Gasteiger partial charge in [0.25, 0.3) is 5.91 Å². The first-order valence-corrected chi connectivity index (χ1v) is 12.8. The number of nitrogens with two attached hydrogens (primary N) is 1. The number of sulfonamides is 2. The Kier molecular flexibility index (Phi) is 6.90. The highest BCUT2D eigenvalue weighted by molar-refractivity contribution is 14.1. The molecule has 0 unspecified atom stereocenters. The van der Waals surface area contributed by atoms with Crippen LogP contribution in [0, 0.1) is 3.57 Å². The van der Waals surface area contributed by atoms with Crippen LogP contribution in [0.15, 0.2) is 52.3 Å². The molecule has 0 spiro atoms. The zero-order valence-corrected chi connectivity index (χ0v) is 20.0. The summed E-state index contributed by atoms with van der Waals surface area (Å²) in [6.07, 6.45) is 0. The minimum absolute atomic E-state index is 0.0124. The molecule has 1 heterocycles. The monoisotopic (exact) mass is 578 g/mol. The number of ether oxygens (including phenoxy) is 1. The Hall–Kier alpha value is -2.20. The second-order valence-electron chi connectivity index (χ2n) is 6.35. The van der Waals surface area contributed by atoms with E-state index in [0.29, 0.717) is 16.7 Å². The molecule has 0 aliphatic carbocycles. The molecule has 10 nitrogen and oxygen atoms in total. The summed E-state index contributed by atoms with van der Waals surface area (Å²) >= 11 is 2.02. The second-order valence-corrected chi connectivity index (χ2v) is 11.1. The van der Waals surface area contributed by atoms with Crippen LogP contribution in [0.25, 0.3) is 10.9 Å². The van der Waals surface area contributed by atoms with E-state index in [0.717, 1.165) is 3.57 Å². The topological polar surface area (TPSA) is 160 Å². The zero-order valence-electron chi connectivity index (χ0n) is 16.2. The number of hydrogen-bond acceptors (Lipinski definition) is 6. The fourth-order valence-electron chi connectivity index (χ4n) is 2.87. The molecule has 31 heavy (non-hydrogen) atoms. The Morgan fingerprint density at radius 3 is 2.23 bits per heavy atom. The number of carbonyl (C=O) groups is 1. The first-order chi connectivity index (χ1) is 14.5. The van der Waals surface area contributed by atoms with Crippen LogP contribution in [0.3, 0.4) is 0 Å². The Morgan fingerprint density at radius 2 is 1.65 bits per heavy atom. The average molecular weight is 578 g/mol. The van der Waals surface area contributed by atoms with E-state index >= 15 is 0 Å². The van der Waals surface area contributed by atoms with Gasteiger partial charge in [0.15, 0.2) is 0 Å². The lowest BCUT2D eigenvalue weighted by molar-refractivity contribution is 0.0993. The van der Waals surface area contributed by atoms with Gasteiger partial charge in [0.2, 0.25) is 20.0 Å². The first-order valence-electron chi connectivity index (χ1n) is 8.79.